The number of halogens is 1. The van der Waals surface area contributed by atoms with Gasteiger partial charge in [-0.3, -0.25) is 4.79 Å². The standard InChI is InChI=1S/C31H32ClN5OS/c1-23-8-5-6-13-27(23)36-16-18-37(19-17-36)29-21-28(32)34-31(35-29)39-22-25-11-7-12-26(20-25)30(38)33-15-14-24-9-3-2-4-10-24/h2-13,20-21H,14-19,22H2,1H3,(H,33,38). The van der Waals surface area contributed by atoms with E-state index in [-0.39, 0.29) is 5.91 Å². The van der Waals surface area contributed by atoms with Gasteiger partial charge in [0.1, 0.15) is 11.0 Å². The van der Waals surface area contributed by atoms with Crippen LogP contribution in [0.15, 0.2) is 90.1 Å². The summed E-state index contributed by atoms with van der Waals surface area (Å²) in [4.78, 5) is 26.6. The molecule has 0 unspecified atom stereocenters. The summed E-state index contributed by atoms with van der Waals surface area (Å²) in [6, 6.07) is 28.2. The summed E-state index contributed by atoms with van der Waals surface area (Å²) < 4.78 is 0. The minimum absolute atomic E-state index is 0.0658. The van der Waals surface area contributed by atoms with E-state index in [0.29, 0.717) is 28.2 Å². The highest BCUT2D eigenvalue weighted by atomic mass is 35.5. The van der Waals surface area contributed by atoms with Crippen LogP contribution >= 0.6 is 23.4 Å². The molecule has 4 aromatic rings. The van der Waals surface area contributed by atoms with E-state index in [1.807, 2.05) is 48.5 Å². The van der Waals surface area contributed by atoms with Gasteiger partial charge >= 0.3 is 0 Å². The normalized spacial score (nSPS) is 13.4. The molecular formula is C31H32ClN5OS. The van der Waals surface area contributed by atoms with Crippen LogP contribution in [-0.4, -0.2) is 48.6 Å². The minimum Gasteiger partial charge on any atom is -0.368 e. The molecule has 39 heavy (non-hydrogen) atoms. The van der Waals surface area contributed by atoms with Crippen molar-refractivity contribution >= 4 is 40.8 Å². The number of rotatable bonds is 9. The number of aromatic nitrogens is 2. The largest absolute Gasteiger partial charge is 0.368 e. The average molecular weight is 558 g/mol. The maximum atomic E-state index is 12.7. The summed E-state index contributed by atoms with van der Waals surface area (Å²) in [5, 5.41) is 4.10. The number of nitrogens with one attached hydrogen (secondary N) is 1. The molecule has 1 N–H and O–H groups in total. The Bertz CT molecular complexity index is 1410. The van der Waals surface area contributed by atoms with Crippen LogP contribution in [0.25, 0.3) is 0 Å². The van der Waals surface area contributed by atoms with E-state index in [2.05, 4.69) is 63.4 Å². The molecule has 8 heteroatoms. The molecule has 1 aliphatic rings. The number of nitrogens with zero attached hydrogens (tertiary/aromatic N) is 4. The van der Waals surface area contributed by atoms with Crippen molar-refractivity contribution in [1.29, 1.82) is 0 Å². The Kier molecular flexibility index (Phi) is 9.01. The number of para-hydroxylation sites is 1. The number of carbonyl (C=O) groups excluding carboxylic acids is 1. The Balaban J connectivity index is 1.16. The molecule has 0 atom stereocenters. The number of hydrogen-bond donors (Lipinski definition) is 1. The summed E-state index contributed by atoms with van der Waals surface area (Å²) in [6.45, 7) is 6.34. The SMILES string of the molecule is Cc1ccccc1N1CCN(c2cc(Cl)nc(SCc3cccc(C(=O)NCCc4ccccc4)c3)n2)CC1. The van der Waals surface area contributed by atoms with E-state index in [0.717, 1.165) is 44.0 Å². The summed E-state index contributed by atoms with van der Waals surface area (Å²) in [5.41, 5.74) is 5.48. The Hall–Kier alpha value is -3.55. The van der Waals surface area contributed by atoms with E-state index in [1.165, 1.54) is 28.6 Å². The molecule has 1 saturated heterocycles. The Morgan fingerprint density at radius 3 is 2.38 bits per heavy atom. The number of piperazine rings is 1. The van der Waals surface area contributed by atoms with Crippen molar-refractivity contribution in [1.82, 2.24) is 15.3 Å². The molecule has 3 aromatic carbocycles. The van der Waals surface area contributed by atoms with Gasteiger partial charge in [0.25, 0.3) is 5.91 Å². The van der Waals surface area contributed by atoms with Gasteiger partial charge in [0.2, 0.25) is 0 Å². The number of aryl methyl sites for hydroxylation is 1. The van der Waals surface area contributed by atoms with Gasteiger partial charge in [-0.2, -0.15) is 0 Å². The third kappa shape index (κ3) is 7.31. The van der Waals surface area contributed by atoms with Crippen LogP contribution in [0, 0.1) is 6.92 Å². The zero-order valence-corrected chi connectivity index (χ0v) is 23.6. The molecule has 0 spiro atoms. The highest BCUT2D eigenvalue weighted by molar-refractivity contribution is 7.98. The van der Waals surface area contributed by atoms with Crippen molar-refractivity contribution in [3.63, 3.8) is 0 Å². The molecule has 5 rings (SSSR count). The van der Waals surface area contributed by atoms with Gasteiger partial charge in [-0.15, -0.1) is 0 Å². The molecule has 0 saturated carbocycles. The van der Waals surface area contributed by atoms with E-state index >= 15 is 0 Å². The number of benzene rings is 3. The first-order chi connectivity index (χ1) is 19.0. The van der Waals surface area contributed by atoms with Gasteiger partial charge in [0.15, 0.2) is 5.16 Å². The Morgan fingerprint density at radius 2 is 1.59 bits per heavy atom. The second kappa shape index (κ2) is 13.0. The van der Waals surface area contributed by atoms with Crippen LogP contribution in [0.2, 0.25) is 5.15 Å². The maximum absolute atomic E-state index is 12.7. The van der Waals surface area contributed by atoms with Crippen LogP contribution in [0.5, 0.6) is 0 Å². The lowest BCUT2D eigenvalue weighted by molar-refractivity contribution is 0.0954. The fourth-order valence-corrected chi connectivity index (χ4v) is 5.75. The van der Waals surface area contributed by atoms with Crippen molar-refractivity contribution in [2.24, 2.45) is 0 Å². The molecule has 2 heterocycles. The fraction of sp³-hybridized carbons (Fsp3) is 0.258. The zero-order chi connectivity index (χ0) is 27.0. The third-order valence-electron chi connectivity index (χ3n) is 6.82. The summed E-state index contributed by atoms with van der Waals surface area (Å²) >= 11 is 7.93. The topological polar surface area (TPSA) is 61.4 Å². The lowest BCUT2D eigenvalue weighted by Gasteiger charge is -2.37. The van der Waals surface area contributed by atoms with E-state index < -0.39 is 0 Å². The van der Waals surface area contributed by atoms with Crippen LogP contribution in [-0.2, 0) is 12.2 Å². The Morgan fingerprint density at radius 1 is 0.872 bits per heavy atom. The molecule has 0 bridgehead atoms. The van der Waals surface area contributed by atoms with Crippen molar-refractivity contribution in [2.45, 2.75) is 24.3 Å². The number of anilines is 2. The van der Waals surface area contributed by atoms with E-state index in [9.17, 15) is 4.79 Å². The fourth-order valence-electron chi connectivity index (χ4n) is 4.72. The van der Waals surface area contributed by atoms with E-state index in [4.69, 9.17) is 16.6 Å². The first kappa shape index (κ1) is 27.0. The quantitative estimate of drug-likeness (QED) is 0.154. The molecular weight excluding hydrogens is 526 g/mol. The summed E-state index contributed by atoms with van der Waals surface area (Å²) in [7, 11) is 0. The van der Waals surface area contributed by atoms with Crippen LogP contribution < -0.4 is 15.1 Å². The number of amides is 1. The van der Waals surface area contributed by atoms with Crippen LogP contribution in [0.3, 0.4) is 0 Å². The molecule has 0 radical (unpaired) electrons. The molecule has 6 nitrogen and oxygen atoms in total. The van der Waals surface area contributed by atoms with Gasteiger partial charge in [-0.25, -0.2) is 9.97 Å². The summed E-state index contributed by atoms with van der Waals surface area (Å²) in [5.74, 6) is 1.43. The van der Waals surface area contributed by atoms with Crippen molar-refractivity contribution in [3.8, 4) is 0 Å². The van der Waals surface area contributed by atoms with Crippen LogP contribution in [0.1, 0.15) is 27.0 Å². The van der Waals surface area contributed by atoms with Crippen molar-refractivity contribution in [3.05, 3.63) is 112 Å². The average Bonchev–Trinajstić information content (AvgIpc) is 2.97. The van der Waals surface area contributed by atoms with Gasteiger partial charge in [-0.05, 0) is 48.2 Å². The highest BCUT2D eigenvalue weighted by Crippen LogP contribution is 2.27. The molecule has 200 valence electrons. The number of carbonyl (C=O) groups is 1. The molecule has 1 amide bonds. The molecule has 1 fully saturated rings. The van der Waals surface area contributed by atoms with Gasteiger partial charge in [0, 0.05) is 55.8 Å². The zero-order valence-electron chi connectivity index (χ0n) is 22.0. The highest BCUT2D eigenvalue weighted by Gasteiger charge is 2.20. The monoisotopic (exact) mass is 557 g/mol. The van der Waals surface area contributed by atoms with Gasteiger partial charge in [0.05, 0.1) is 0 Å². The maximum Gasteiger partial charge on any atom is 0.251 e. The van der Waals surface area contributed by atoms with Crippen molar-refractivity contribution in [2.75, 3.05) is 42.5 Å². The Labute approximate surface area is 239 Å². The smallest absolute Gasteiger partial charge is 0.251 e. The van der Waals surface area contributed by atoms with E-state index in [1.54, 1.807) is 0 Å². The lowest BCUT2D eigenvalue weighted by Crippen LogP contribution is -2.47. The predicted molar refractivity (Wildman–Crippen MR) is 161 cm³/mol. The molecule has 1 aliphatic heterocycles. The number of thioether (sulfide) groups is 1. The first-order valence-corrected chi connectivity index (χ1v) is 14.6. The van der Waals surface area contributed by atoms with Crippen LogP contribution in [0.4, 0.5) is 11.5 Å². The summed E-state index contributed by atoms with van der Waals surface area (Å²) in [6.07, 6.45) is 0.803. The van der Waals surface area contributed by atoms with Crippen molar-refractivity contribution < 1.29 is 4.79 Å². The third-order valence-corrected chi connectivity index (χ3v) is 7.93. The minimum atomic E-state index is -0.0658. The van der Waals surface area contributed by atoms with Gasteiger partial charge < -0.3 is 15.1 Å². The predicted octanol–water partition coefficient (Wildman–Crippen LogP) is 6.03. The first-order valence-electron chi connectivity index (χ1n) is 13.2. The van der Waals surface area contributed by atoms with Gasteiger partial charge in [-0.1, -0.05) is 84.0 Å². The lowest BCUT2D eigenvalue weighted by atomic mass is 10.1. The number of hydrogen-bond acceptors (Lipinski definition) is 6. The second-order valence-corrected chi connectivity index (χ2v) is 10.9. The molecule has 0 aliphatic carbocycles. The second-order valence-electron chi connectivity index (χ2n) is 9.57. The molecule has 1 aromatic heterocycles.